The van der Waals surface area contributed by atoms with Crippen molar-refractivity contribution in [2.75, 3.05) is 27.3 Å². The van der Waals surface area contributed by atoms with Gasteiger partial charge in [-0.2, -0.15) is 0 Å². The van der Waals surface area contributed by atoms with E-state index in [1.54, 1.807) is 25.2 Å². The van der Waals surface area contributed by atoms with Crippen molar-refractivity contribution in [1.29, 1.82) is 5.41 Å². The van der Waals surface area contributed by atoms with Gasteiger partial charge in [0.05, 0.1) is 29.1 Å². The minimum atomic E-state index is -2.84. The number of aromatic nitrogens is 3. The first-order valence-electron chi connectivity index (χ1n) is 12.0. The highest BCUT2D eigenvalue weighted by atomic mass is 19.3. The van der Waals surface area contributed by atoms with Gasteiger partial charge >= 0.3 is 0 Å². The topological polar surface area (TPSA) is 96.1 Å². The lowest BCUT2D eigenvalue weighted by molar-refractivity contribution is -0.141. The second-order valence-corrected chi connectivity index (χ2v) is 9.18. The SMILES string of the molecule is CN/C=C(\C=N)c1nc2cccc(-c3nc(C4CCOCC4)n4c3CN(C)C(=O)C4F)c2cc1C(F)F. The standard InChI is InChI=1S/C26H27F3N6O2/c1-31-12-15(11-30)21-18(23(27)28)10-17-16(4-3-5-19(17)32-21)22-20-13-34(2)26(36)24(29)35(20)25(33-22)14-6-8-37-9-7-14/h3-5,10-12,14,23-24,30-31H,6-9,13H2,1-2H3/b15-12+,30-11?. The number of carbonyl (C=O) groups excluding carboxylic acids is 1. The summed E-state index contributed by atoms with van der Waals surface area (Å²) in [5.41, 5.74) is 1.83. The van der Waals surface area contributed by atoms with Gasteiger partial charge < -0.3 is 20.4 Å². The Labute approximate surface area is 211 Å². The molecule has 4 heterocycles. The summed E-state index contributed by atoms with van der Waals surface area (Å²) in [6.45, 7) is 1.17. The normalized spacial score (nSPS) is 19.0. The molecular weight excluding hydrogens is 485 g/mol. The van der Waals surface area contributed by atoms with Gasteiger partial charge in [-0.05, 0) is 25.0 Å². The Kier molecular flexibility index (Phi) is 6.72. The van der Waals surface area contributed by atoms with Gasteiger partial charge in [-0.3, -0.25) is 9.36 Å². The van der Waals surface area contributed by atoms with E-state index in [9.17, 15) is 13.6 Å². The summed E-state index contributed by atoms with van der Waals surface area (Å²) in [5.74, 6) is -0.265. The fourth-order valence-corrected chi connectivity index (χ4v) is 5.09. The average Bonchev–Trinajstić information content (AvgIpc) is 3.28. The molecule has 0 saturated carbocycles. The lowest BCUT2D eigenvalue weighted by atomic mass is 9.99. The molecule has 0 radical (unpaired) electrons. The molecule has 1 amide bonds. The van der Waals surface area contributed by atoms with Gasteiger partial charge in [0, 0.05) is 67.7 Å². The monoisotopic (exact) mass is 512 g/mol. The Morgan fingerprint density at radius 2 is 2.03 bits per heavy atom. The van der Waals surface area contributed by atoms with Crippen LogP contribution < -0.4 is 5.32 Å². The maximum Gasteiger partial charge on any atom is 0.278 e. The molecule has 8 nitrogen and oxygen atoms in total. The minimum absolute atomic E-state index is 0.00733. The van der Waals surface area contributed by atoms with E-state index < -0.39 is 18.6 Å². The number of likely N-dealkylation sites (N-methyl/N-ethyl adjacent to an activating group) is 1. The highest BCUT2D eigenvalue weighted by Crippen LogP contribution is 2.41. The molecule has 1 saturated heterocycles. The maximum atomic E-state index is 15.5. The number of imidazole rings is 1. The third-order valence-electron chi connectivity index (χ3n) is 6.93. The summed E-state index contributed by atoms with van der Waals surface area (Å²) in [7, 11) is 3.14. The number of hydrogen-bond donors (Lipinski definition) is 2. The van der Waals surface area contributed by atoms with E-state index in [1.807, 2.05) is 0 Å². The van der Waals surface area contributed by atoms with E-state index in [1.165, 1.54) is 28.8 Å². The molecule has 1 fully saturated rings. The lowest BCUT2D eigenvalue weighted by Crippen LogP contribution is -2.39. The van der Waals surface area contributed by atoms with Crippen molar-refractivity contribution in [3.05, 3.63) is 53.2 Å². The van der Waals surface area contributed by atoms with Gasteiger partial charge in [-0.1, -0.05) is 12.1 Å². The van der Waals surface area contributed by atoms with E-state index in [-0.39, 0.29) is 29.3 Å². The van der Waals surface area contributed by atoms with E-state index in [0.717, 1.165) is 6.21 Å². The number of carbonyl (C=O) groups is 1. The first kappa shape index (κ1) is 24.9. The van der Waals surface area contributed by atoms with Crippen LogP contribution in [0.15, 0.2) is 30.5 Å². The molecule has 0 bridgehead atoms. The minimum Gasteiger partial charge on any atom is -0.393 e. The summed E-state index contributed by atoms with van der Waals surface area (Å²) in [4.78, 5) is 23.2. The van der Waals surface area contributed by atoms with Crippen molar-refractivity contribution >= 4 is 28.6 Å². The first-order valence-corrected chi connectivity index (χ1v) is 12.0. The van der Waals surface area contributed by atoms with Gasteiger partial charge in [0.1, 0.15) is 5.82 Å². The number of halogens is 3. The molecule has 0 spiro atoms. The van der Waals surface area contributed by atoms with Crippen molar-refractivity contribution in [3.8, 4) is 11.3 Å². The van der Waals surface area contributed by atoms with Crippen LogP contribution in [-0.4, -0.2) is 58.9 Å². The summed E-state index contributed by atoms with van der Waals surface area (Å²) < 4.78 is 50.7. The van der Waals surface area contributed by atoms with Gasteiger partial charge in [-0.15, -0.1) is 0 Å². The molecular formula is C26H27F3N6O2. The van der Waals surface area contributed by atoms with Crippen LogP contribution in [0.3, 0.4) is 0 Å². The van der Waals surface area contributed by atoms with E-state index in [2.05, 4.69) is 10.3 Å². The number of fused-ring (bicyclic) bond motifs is 2. The second-order valence-electron chi connectivity index (χ2n) is 9.18. The molecule has 1 aromatic carbocycles. The zero-order valence-electron chi connectivity index (χ0n) is 20.5. The molecule has 5 rings (SSSR count). The van der Waals surface area contributed by atoms with Crippen molar-refractivity contribution in [3.63, 3.8) is 0 Å². The Hall–Kier alpha value is -3.73. The summed E-state index contributed by atoms with van der Waals surface area (Å²) in [5, 5.41) is 10.9. The van der Waals surface area contributed by atoms with Crippen molar-refractivity contribution in [2.24, 2.45) is 0 Å². The molecule has 2 N–H and O–H groups in total. The van der Waals surface area contributed by atoms with Crippen molar-refractivity contribution in [1.82, 2.24) is 24.8 Å². The predicted octanol–water partition coefficient (Wildman–Crippen LogP) is 4.58. The van der Waals surface area contributed by atoms with Crippen LogP contribution in [0.1, 0.15) is 54.3 Å². The quantitative estimate of drug-likeness (QED) is 0.472. The Morgan fingerprint density at radius 3 is 2.70 bits per heavy atom. The molecule has 2 aromatic heterocycles. The number of benzene rings is 1. The molecule has 11 heteroatoms. The number of ether oxygens (including phenoxy) is 1. The number of allylic oxidation sites excluding steroid dienone is 1. The number of rotatable bonds is 6. The van der Waals surface area contributed by atoms with E-state index >= 15 is 4.39 Å². The predicted molar refractivity (Wildman–Crippen MR) is 133 cm³/mol. The molecule has 1 unspecified atom stereocenters. The lowest BCUT2D eigenvalue weighted by Gasteiger charge is -2.30. The van der Waals surface area contributed by atoms with E-state index in [0.29, 0.717) is 59.7 Å². The number of amides is 1. The number of alkyl halides is 3. The van der Waals surface area contributed by atoms with Gasteiger partial charge in [0.25, 0.3) is 18.6 Å². The maximum absolute atomic E-state index is 15.5. The Bertz CT molecular complexity index is 1400. The molecule has 37 heavy (non-hydrogen) atoms. The highest BCUT2D eigenvalue weighted by molar-refractivity contribution is 6.09. The van der Waals surface area contributed by atoms with Gasteiger partial charge in [0.15, 0.2) is 0 Å². The molecule has 194 valence electrons. The molecule has 0 aliphatic carbocycles. The zero-order valence-corrected chi connectivity index (χ0v) is 20.5. The van der Waals surface area contributed by atoms with Crippen LogP contribution in [0, 0.1) is 5.41 Å². The third-order valence-corrected chi connectivity index (χ3v) is 6.93. The fraction of sp³-hybridized carbons (Fsp3) is 0.385. The zero-order chi connectivity index (χ0) is 26.3. The van der Waals surface area contributed by atoms with Crippen molar-refractivity contribution in [2.45, 2.75) is 38.0 Å². The van der Waals surface area contributed by atoms with Crippen LogP contribution >= 0.6 is 0 Å². The molecule has 1 atom stereocenters. The van der Waals surface area contributed by atoms with Gasteiger partial charge in [0.2, 0.25) is 0 Å². The first-order chi connectivity index (χ1) is 17.8. The van der Waals surface area contributed by atoms with Crippen LogP contribution in [0.25, 0.3) is 27.7 Å². The van der Waals surface area contributed by atoms with Crippen LogP contribution in [-0.2, 0) is 16.1 Å². The summed E-state index contributed by atoms with van der Waals surface area (Å²) in [6, 6.07) is 6.57. The Morgan fingerprint density at radius 1 is 1.27 bits per heavy atom. The van der Waals surface area contributed by atoms with Crippen LogP contribution in [0.5, 0.6) is 0 Å². The second kappa shape index (κ2) is 9.97. The fourth-order valence-electron chi connectivity index (χ4n) is 5.09. The molecule has 2 aliphatic rings. The smallest absolute Gasteiger partial charge is 0.278 e. The molecule has 2 aliphatic heterocycles. The summed E-state index contributed by atoms with van der Waals surface area (Å²) >= 11 is 0. The van der Waals surface area contributed by atoms with Gasteiger partial charge in [-0.25, -0.2) is 23.1 Å². The van der Waals surface area contributed by atoms with E-state index in [4.69, 9.17) is 15.1 Å². The largest absolute Gasteiger partial charge is 0.393 e. The van der Waals surface area contributed by atoms with Crippen LogP contribution in [0.2, 0.25) is 0 Å². The number of nitrogens with zero attached hydrogens (tertiary/aromatic N) is 4. The number of hydrogen-bond acceptors (Lipinski definition) is 6. The number of nitrogens with one attached hydrogen (secondary N) is 2. The Balaban J connectivity index is 1.75. The highest BCUT2D eigenvalue weighted by Gasteiger charge is 2.38. The van der Waals surface area contributed by atoms with Crippen molar-refractivity contribution < 1.29 is 22.7 Å². The van der Waals surface area contributed by atoms with Crippen LogP contribution in [0.4, 0.5) is 13.2 Å². The average molecular weight is 513 g/mol. The summed E-state index contributed by atoms with van der Waals surface area (Å²) in [6.07, 6.45) is -1.05. The third kappa shape index (κ3) is 4.26. The number of pyridine rings is 1. The molecule has 3 aromatic rings.